The summed E-state index contributed by atoms with van der Waals surface area (Å²) in [6, 6.07) is 17.2. The molecule has 22 heavy (non-hydrogen) atoms. The molecule has 0 saturated heterocycles. The molecule has 0 amide bonds. The lowest BCUT2D eigenvalue weighted by atomic mass is 10.1. The second-order valence-electron chi connectivity index (χ2n) is 4.94. The van der Waals surface area contributed by atoms with Crippen molar-refractivity contribution < 1.29 is 14.6 Å². The molecule has 3 rings (SSSR count). The van der Waals surface area contributed by atoms with Gasteiger partial charge in [0.25, 0.3) is 0 Å². The van der Waals surface area contributed by atoms with Crippen LogP contribution in [0.4, 0.5) is 0 Å². The number of aromatic nitrogens is 1. The molecule has 0 aliphatic rings. The predicted molar refractivity (Wildman–Crippen MR) is 84.3 cm³/mol. The fraction of sp³-hybridized carbons (Fsp3) is 0.111. The van der Waals surface area contributed by atoms with Crippen molar-refractivity contribution in [1.29, 1.82) is 0 Å². The minimum atomic E-state index is -1.04. The van der Waals surface area contributed by atoms with Crippen LogP contribution in [0, 0.1) is 0 Å². The van der Waals surface area contributed by atoms with Crippen molar-refractivity contribution in [1.82, 2.24) is 4.98 Å². The fourth-order valence-corrected chi connectivity index (χ4v) is 2.31. The van der Waals surface area contributed by atoms with Gasteiger partial charge in [-0.3, -0.25) is 0 Å². The Morgan fingerprint density at radius 3 is 2.68 bits per heavy atom. The van der Waals surface area contributed by atoms with E-state index in [2.05, 4.69) is 17.1 Å². The van der Waals surface area contributed by atoms with Crippen LogP contribution >= 0.6 is 0 Å². The van der Waals surface area contributed by atoms with E-state index in [-0.39, 0.29) is 5.69 Å². The van der Waals surface area contributed by atoms with E-state index in [1.54, 1.807) is 12.3 Å². The van der Waals surface area contributed by atoms with Crippen molar-refractivity contribution in [3.8, 4) is 5.75 Å². The molecular weight excluding hydrogens is 278 g/mol. The topological polar surface area (TPSA) is 59.4 Å². The van der Waals surface area contributed by atoms with E-state index in [1.165, 1.54) is 5.56 Å². The van der Waals surface area contributed by atoms with Crippen LogP contribution in [-0.2, 0) is 6.42 Å². The van der Waals surface area contributed by atoms with Gasteiger partial charge < -0.3 is 9.84 Å². The largest absolute Gasteiger partial charge is 0.493 e. The Morgan fingerprint density at radius 1 is 1.09 bits per heavy atom. The third-order valence-electron chi connectivity index (χ3n) is 3.43. The van der Waals surface area contributed by atoms with Gasteiger partial charge in [-0.25, -0.2) is 9.78 Å². The number of carbonyl (C=O) groups is 1. The number of hydrogen-bond acceptors (Lipinski definition) is 3. The SMILES string of the molecule is O=C(O)c1cc2c(OCCc3ccccc3)cccc2cn1. The van der Waals surface area contributed by atoms with E-state index in [9.17, 15) is 4.79 Å². The van der Waals surface area contributed by atoms with Gasteiger partial charge in [0.1, 0.15) is 11.4 Å². The number of benzene rings is 2. The number of fused-ring (bicyclic) bond motifs is 1. The van der Waals surface area contributed by atoms with Gasteiger partial charge in [0.2, 0.25) is 0 Å². The summed E-state index contributed by atoms with van der Waals surface area (Å²) in [5.41, 5.74) is 1.22. The number of pyridine rings is 1. The Morgan fingerprint density at radius 2 is 1.91 bits per heavy atom. The third-order valence-corrected chi connectivity index (χ3v) is 3.43. The Hall–Kier alpha value is -2.88. The Labute approximate surface area is 128 Å². The summed E-state index contributed by atoms with van der Waals surface area (Å²) in [6.45, 7) is 0.536. The molecule has 1 N–H and O–H groups in total. The zero-order chi connectivity index (χ0) is 15.4. The van der Waals surface area contributed by atoms with Gasteiger partial charge in [0.05, 0.1) is 6.61 Å². The molecule has 1 aromatic heterocycles. The highest BCUT2D eigenvalue weighted by Gasteiger charge is 2.08. The second kappa shape index (κ2) is 6.26. The smallest absolute Gasteiger partial charge is 0.354 e. The molecule has 4 heteroatoms. The molecule has 0 spiro atoms. The molecule has 0 radical (unpaired) electrons. The summed E-state index contributed by atoms with van der Waals surface area (Å²) in [4.78, 5) is 15.0. The average molecular weight is 293 g/mol. The third kappa shape index (κ3) is 3.06. The Balaban J connectivity index is 1.80. The molecule has 4 nitrogen and oxygen atoms in total. The molecule has 0 saturated carbocycles. The van der Waals surface area contributed by atoms with Gasteiger partial charge >= 0.3 is 5.97 Å². The first kappa shape index (κ1) is 14.1. The molecule has 2 aromatic carbocycles. The number of carboxylic acids is 1. The van der Waals surface area contributed by atoms with E-state index in [0.29, 0.717) is 12.4 Å². The Kier molecular flexibility index (Phi) is 4.01. The maximum absolute atomic E-state index is 11.1. The average Bonchev–Trinajstić information content (AvgIpc) is 2.55. The lowest BCUT2D eigenvalue weighted by Gasteiger charge is -2.09. The number of rotatable bonds is 5. The van der Waals surface area contributed by atoms with Crippen molar-refractivity contribution in [3.63, 3.8) is 0 Å². The van der Waals surface area contributed by atoms with Gasteiger partial charge in [0.15, 0.2) is 0 Å². The predicted octanol–water partition coefficient (Wildman–Crippen LogP) is 3.55. The lowest BCUT2D eigenvalue weighted by molar-refractivity contribution is 0.0690. The molecule has 0 aliphatic carbocycles. The molecule has 0 fully saturated rings. The number of nitrogens with zero attached hydrogens (tertiary/aromatic N) is 1. The number of carboxylic acid groups (broad SMARTS) is 1. The molecule has 0 aliphatic heterocycles. The molecule has 0 bridgehead atoms. The summed E-state index contributed by atoms with van der Waals surface area (Å²) in [5.74, 6) is -0.362. The highest BCUT2D eigenvalue weighted by molar-refractivity contribution is 5.94. The van der Waals surface area contributed by atoms with E-state index < -0.39 is 5.97 Å². The van der Waals surface area contributed by atoms with Crippen LogP contribution in [0.5, 0.6) is 5.75 Å². The summed E-state index contributed by atoms with van der Waals surface area (Å²) in [7, 11) is 0. The first-order valence-electron chi connectivity index (χ1n) is 7.03. The van der Waals surface area contributed by atoms with Crippen LogP contribution in [0.3, 0.4) is 0 Å². The van der Waals surface area contributed by atoms with Crippen LogP contribution in [-0.4, -0.2) is 22.7 Å². The molecule has 1 heterocycles. The fourth-order valence-electron chi connectivity index (χ4n) is 2.31. The first-order chi connectivity index (χ1) is 10.7. The van der Waals surface area contributed by atoms with Gasteiger partial charge in [-0.2, -0.15) is 0 Å². The van der Waals surface area contributed by atoms with Crippen molar-refractivity contribution >= 4 is 16.7 Å². The maximum atomic E-state index is 11.1. The summed E-state index contributed by atoms with van der Waals surface area (Å²) >= 11 is 0. The maximum Gasteiger partial charge on any atom is 0.354 e. The highest BCUT2D eigenvalue weighted by Crippen LogP contribution is 2.25. The van der Waals surface area contributed by atoms with Crippen molar-refractivity contribution in [2.75, 3.05) is 6.61 Å². The van der Waals surface area contributed by atoms with Crippen molar-refractivity contribution in [2.45, 2.75) is 6.42 Å². The summed E-state index contributed by atoms with van der Waals surface area (Å²) in [6.07, 6.45) is 2.36. The van der Waals surface area contributed by atoms with Gasteiger partial charge in [-0.1, -0.05) is 42.5 Å². The monoisotopic (exact) mass is 293 g/mol. The second-order valence-corrected chi connectivity index (χ2v) is 4.94. The summed E-state index contributed by atoms with van der Waals surface area (Å²) < 4.78 is 5.84. The van der Waals surface area contributed by atoms with E-state index in [0.717, 1.165) is 17.2 Å². The first-order valence-corrected chi connectivity index (χ1v) is 7.03. The number of ether oxygens (including phenoxy) is 1. The van der Waals surface area contributed by atoms with Crippen LogP contribution in [0.25, 0.3) is 10.8 Å². The lowest BCUT2D eigenvalue weighted by Crippen LogP contribution is -2.03. The minimum absolute atomic E-state index is 0.0200. The molecule has 110 valence electrons. The van der Waals surface area contributed by atoms with Crippen LogP contribution < -0.4 is 4.74 Å². The van der Waals surface area contributed by atoms with Crippen LogP contribution in [0.15, 0.2) is 60.8 Å². The Bertz CT molecular complexity index is 800. The highest BCUT2D eigenvalue weighted by atomic mass is 16.5. The minimum Gasteiger partial charge on any atom is -0.493 e. The zero-order valence-electron chi connectivity index (χ0n) is 11.9. The van der Waals surface area contributed by atoms with Crippen molar-refractivity contribution in [2.24, 2.45) is 0 Å². The summed E-state index contributed by atoms with van der Waals surface area (Å²) in [5, 5.41) is 10.7. The van der Waals surface area contributed by atoms with E-state index in [1.807, 2.05) is 36.4 Å². The van der Waals surface area contributed by atoms with Gasteiger partial charge in [-0.05, 0) is 17.7 Å². The number of hydrogen-bond donors (Lipinski definition) is 1. The van der Waals surface area contributed by atoms with E-state index >= 15 is 0 Å². The van der Waals surface area contributed by atoms with Crippen LogP contribution in [0.1, 0.15) is 16.1 Å². The van der Waals surface area contributed by atoms with Gasteiger partial charge in [-0.15, -0.1) is 0 Å². The van der Waals surface area contributed by atoms with Crippen LogP contribution in [0.2, 0.25) is 0 Å². The molecule has 0 atom stereocenters. The normalized spacial score (nSPS) is 10.5. The standard InChI is InChI=1S/C18H15NO3/c20-18(21)16-11-15-14(12-19-16)7-4-8-17(15)22-10-9-13-5-2-1-3-6-13/h1-8,11-12H,9-10H2,(H,20,21). The quantitative estimate of drug-likeness (QED) is 0.781. The molecular formula is C18H15NO3. The van der Waals surface area contributed by atoms with Gasteiger partial charge in [0, 0.05) is 23.4 Å². The number of aromatic carboxylic acids is 1. The zero-order valence-corrected chi connectivity index (χ0v) is 11.9. The molecule has 3 aromatic rings. The van der Waals surface area contributed by atoms with Crippen molar-refractivity contribution in [3.05, 3.63) is 72.1 Å². The molecule has 0 unspecified atom stereocenters. The van der Waals surface area contributed by atoms with E-state index in [4.69, 9.17) is 9.84 Å².